The summed E-state index contributed by atoms with van der Waals surface area (Å²) in [7, 11) is 0. The van der Waals surface area contributed by atoms with Gasteiger partial charge in [-0.25, -0.2) is 4.98 Å². The van der Waals surface area contributed by atoms with E-state index in [9.17, 15) is 9.59 Å². The van der Waals surface area contributed by atoms with Crippen molar-refractivity contribution in [1.29, 1.82) is 0 Å². The minimum atomic E-state index is -0.209. The normalized spacial score (nSPS) is 10.7. The van der Waals surface area contributed by atoms with Gasteiger partial charge in [-0.3, -0.25) is 19.7 Å². The summed E-state index contributed by atoms with van der Waals surface area (Å²) in [4.78, 5) is 29.3. The van der Waals surface area contributed by atoms with Crippen molar-refractivity contribution in [3.63, 3.8) is 0 Å². The highest BCUT2D eigenvalue weighted by molar-refractivity contribution is 8.01. The first-order chi connectivity index (χ1) is 12.5. The number of hydrogen-bond donors (Lipinski definition) is 1. The zero-order chi connectivity index (χ0) is 18.7. The van der Waals surface area contributed by atoms with Crippen LogP contribution >= 0.6 is 23.1 Å². The second-order valence-electron chi connectivity index (χ2n) is 5.89. The smallest absolute Gasteiger partial charge is 0.270 e. The van der Waals surface area contributed by atoms with Gasteiger partial charge in [-0.2, -0.15) is 0 Å². The van der Waals surface area contributed by atoms with Gasteiger partial charge in [-0.05, 0) is 39.0 Å². The summed E-state index contributed by atoms with van der Waals surface area (Å²) >= 11 is 2.98. The summed E-state index contributed by atoms with van der Waals surface area (Å²) in [5.74, 6) is 0.138. The molecule has 0 radical (unpaired) electrons. The van der Waals surface area contributed by atoms with E-state index < -0.39 is 0 Å². The van der Waals surface area contributed by atoms with E-state index in [0.29, 0.717) is 16.9 Å². The lowest BCUT2D eigenvalue weighted by atomic mass is 10.2. The molecule has 3 aromatic rings. The summed E-state index contributed by atoms with van der Waals surface area (Å²) in [5.41, 5.74) is 6.55. The molecule has 1 N–H and O–H groups in total. The Morgan fingerprint density at radius 2 is 1.92 bits per heavy atom. The van der Waals surface area contributed by atoms with Crippen molar-refractivity contribution in [1.82, 2.24) is 9.66 Å². The zero-order valence-corrected chi connectivity index (χ0v) is 16.4. The molecule has 0 saturated heterocycles. The van der Waals surface area contributed by atoms with Crippen LogP contribution in [0, 0.1) is 20.8 Å². The summed E-state index contributed by atoms with van der Waals surface area (Å²) in [5, 5.41) is 1.97. The number of nitrogens with zero attached hydrogens (tertiary/aromatic N) is 2. The number of thioether (sulfide) groups is 1. The van der Waals surface area contributed by atoms with Crippen LogP contribution in [0.4, 0.5) is 0 Å². The van der Waals surface area contributed by atoms with Gasteiger partial charge in [0.15, 0.2) is 10.1 Å². The quantitative estimate of drug-likeness (QED) is 0.509. The van der Waals surface area contributed by atoms with Crippen molar-refractivity contribution in [3.05, 3.63) is 70.0 Å². The molecule has 0 aliphatic rings. The molecule has 1 aromatic carbocycles. The maximum absolute atomic E-state index is 12.6. The molecule has 2 aromatic heterocycles. The lowest BCUT2D eigenvalue weighted by Crippen LogP contribution is -2.25. The fourth-order valence-electron chi connectivity index (χ4n) is 2.58. The Morgan fingerprint density at radius 1 is 1.19 bits per heavy atom. The van der Waals surface area contributed by atoms with Crippen LogP contribution < -0.4 is 5.43 Å². The number of amides is 1. The topological polar surface area (TPSA) is 64.0 Å². The fraction of sp³-hybridized carbons (Fsp3) is 0.211. The molecular formula is C19H19N3O2S2. The monoisotopic (exact) mass is 385 g/mol. The standard InChI is InChI=1S/C19H19N3O2S2/c1-12-10-25-19(20-12)26-11-17(23)16-9-13(2)22(14(16)3)21-18(24)15-7-5-4-6-8-15/h4-10H,11H2,1-3H3,(H,21,24). The van der Waals surface area contributed by atoms with Crippen LogP contribution in [0.2, 0.25) is 0 Å². The van der Waals surface area contributed by atoms with E-state index in [1.807, 2.05) is 50.4 Å². The number of carbonyl (C=O) groups is 2. The number of rotatable bonds is 6. The number of hydrogen-bond acceptors (Lipinski definition) is 5. The molecule has 0 atom stereocenters. The van der Waals surface area contributed by atoms with Crippen LogP contribution in [0.3, 0.4) is 0 Å². The van der Waals surface area contributed by atoms with Crippen LogP contribution in [-0.4, -0.2) is 27.1 Å². The van der Waals surface area contributed by atoms with Gasteiger partial charge >= 0.3 is 0 Å². The predicted octanol–water partition coefficient (Wildman–Crippen LogP) is 4.23. The third-order valence-electron chi connectivity index (χ3n) is 3.91. The number of thiazole rings is 1. The van der Waals surface area contributed by atoms with E-state index in [0.717, 1.165) is 21.4 Å². The predicted molar refractivity (Wildman–Crippen MR) is 106 cm³/mol. The number of aromatic nitrogens is 2. The Labute approximate surface area is 160 Å². The SMILES string of the molecule is Cc1csc(SCC(=O)c2cc(C)n(NC(=O)c3ccccc3)c2C)n1. The highest BCUT2D eigenvalue weighted by Gasteiger charge is 2.18. The van der Waals surface area contributed by atoms with Gasteiger partial charge in [0.1, 0.15) is 0 Å². The van der Waals surface area contributed by atoms with Crippen molar-refractivity contribution in [3.8, 4) is 0 Å². The van der Waals surface area contributed by atoms with E-state index in [1.165, 1.54) is 11.8 Å². The number of ketones is 1. The Kier molecular flexibility index (Phi) is 5.58. The molecule has 0 spiro atoms. The molecule has 5 nitrogen and oxygen atoms in total. The maximum atomic E-state index is 12.6. The lowest BCUT2D eigenvalue weighted by molar-refractivity contribution is 0.0999. The molecule has 0 saturated carbocycles. The number of benzene rings is 1. The van der Waals surface area contributed by atoms with Gasteiger partial charge in [0, 0.05) is 33.6 Å². The molecule has 0 unspecified atom stereocenters. The molecule has 3 rings (SSSR count). The number of Topliss-reactive ketones (excluding diaryl/α,β-unsaturated/α-hetero) is 1. The van der Waals surface area contributed by atoms with Crippen LogP contribution in [0.1, 0.15) is 37.8 Å². The van der Waals surface area contributed by atoms with E-state index in [1.54, 1.807) is 28.1 Å². The van der Waals surface area contributed by atoms with Crippen molar-refractivity contribution in [2.75, 3.05) is 11.2 Å². The summed E-state index contributed by atoms with van der Waals surface area (Å²) in [6, 6.07) is 10.8. The molecule has 0 aliphatic heterocycles. The first-order valence-electron chi connectivity index (χ1n) is 8.09. The molecule has 0 fully saturated rings. The largest absolute Gasteiger partial charge is 0.293 e. The first kappa shape index (κ1) is 18.4. The molecule has 26 heavy (non-hydrogen) atoms. The van der Waals surface area contributed by atoms with E-state index in [4.69, 9.17) is 0 Å². The second kappa shape index (κ2) is 7.88. The summed E-state index contributed by atoms with van der Waals surface area (Å²) < 4.78 is 2.56. The van der Waals surface area contributed by atoms with Crippen molar-refractivity contribution in [2.24, 2.45) is 0 Å². The highest BCUT2D eigenvalue weighted by Crippen LogP contribution is 2.24. The van der Waals surface area contributed by atoms with Crippen LogP contribution in [0.25, 0.3) is 0 Å². The average Bonchev–Trinajstić information content (AvgIpc) is 3.18. The minimum absolute atomic E-state index is 0.0242. The molecule has 0 bridgehead atoms. The van der Waals surface area contributed by atoms with Crippen LogP contribution in [0.5, 0.6) is 0 Å². The maximum Gasteiger partial charge on any atom is 0.270 e. The Hall–Kier alpha value is -2.38. The van der Waals surface area contributed by atoms with Gasteiger partial charge in [-0.15, -0.1) is 11.3 Å². The average molecular weight is 386 g/mol. The third kappa shape index (κ3) is 4.05. The van der Waals surface area contributed by atoms with Crippen LogP contribution in [-0.2, 0) is 0 Å². The fourth-order valence-corrected chi connectivity index (χ4v) is 4.31. The first-order valence-corrected chi connectivity index (χ1v) is 9.95. The van der Waals surface area contributed by atoms with Crippen molar-refractivity contribution in [2.45, 2.75) is 25.1 Å². The van der Waals surface area contributed by atoms with Gasteiger partial charge in [0.25, 0.3) is 5.91 Å². The molecule has 7 heteroatoms. The van der Waals surface area contributed by atoms with E-state index >= 15 is 0 Å². The number of carbonyl (C=O) groups excluding carboxylic acids is 2. The molecule has 0 aliphatic carbocycles. The highest BCUT2D eigenvalue weighted by atomic mass is 32.2. The van der Waals surface area contributed by atoms with E-state index in [-0.39, 0.29) is 11.7 Å². The summed E-state index contributed by atoms with van der Waals surface area (Å²) in [6.07, 6.45) is 0. The van der Waals surface area contributed by atoms with Gasteiger partial charge in [0.05, 0.1) is 5.75 Å². The van der Waals surface area contributed by atoms with Gasteiger partial charge in [0.2, 0.25) is 0 Å². The molecule has 1 amide bonds. The third-order valence-corrected chi connectivity index (χ3v) is 6.04. The van der Waals surface area contributed by atoms with Crippen molar-refractivity contribution < 1.29 is 9.59 Å². The Bertz CT molecular complexity index is 945. The molecule has 2 heterocycles. The number of aryl methyl sites for hydroxylation is 2. The second-order valence-corrected chi connectivity index (χ2v) is 7.97. The minimum Gasteiger partial charge on any atom is -0.293 e. The Morgan fingerprint density at radius 3 is 2.58 bits per heavy atom. The van der Waals surface area contributed by atoms with Gasteiger partial charge < -0.3 is 0 Å². The Balaban J connectivity index is 1.72. The number of nitrogens with one attached hydrogen (secondary N) is 1. The summed E-state index contributed by atoms with van der Waals surface area (Å²) in [6.45, 7) is 5.64. The lowest BCUT2D eigenvalue weighted by Gasteiger charge is -2.11. The molecular weight excluding hydrogens is 366 g/mol. The molecule has 134 valence electrons. The van der Waals surface area contributed by atoms with E-state index in [2.05, 4.69) is 10.4 Å². The zero-order valence-electron chi connectivity index (χ0n) is 14.8. The van der Waals surface area contributed by atoms with Crippen molar-refractivity contribution >= 4 is 34.8 Å². The van der Waals surface area contributed by atoms with Crippen LogP contribution in [0.15, 0.2) is 46.1 Å². The van der Waals surface area contributed by atoms with Gasteiger partial charge in [-0.1, -0.05) is 30.0 Å².